The van der Waals surface area contributed by atoms with E-state index in [-0.39, 0.29) is 5.91 Å². The van der Waals surface area contributed by atoms with Crippen molar-refractivity contribution in [1.82, 2.24) is 4.98 Å². The summed E-state index contributed by atoms with van der Waals surface area (Å²) in [6.45, 7) is 0. The molecule has 2 aromatic carbocycles. The molecule has 2 aromatic heterocycles. The zero-order valence-electron chi connectivity index (χ0n) is 15.0. The van der Waals surface area contributed by atoms with Gasteiger partial charge >= 0.3 is 0 Å². The molecule has 4 rings (SSSR count). The number of benzene rings is 2. The molecule has 2 heterocycles. The smallest absolute Gasteiger partial charge is 0.265 e. The maximum absolute atomic E-state index is 12.1. The topological polar surface area (TPSA) is 63.2 Å². The Kier molecular flexibility index (Phi) is 5.36. The maximum Gasteiger partial charge on any atom is 0.265 e. The highest BCUT2D eigenvalue weighted by Crippen LogP contribution is 2.29. The van der Waals surface area contributed by atoms with Gasteiger partial charge in [-0.1, -0.05) is 24.3 Å². The number of thiophene rings is 1. The molecule has 0 bridgehead atoms. The summed E-state index contributed by atoms with van der Waals surface area (Å²) in [7, 11) is 1.65. The number of nitrogens with one attached hydrogen (secondary N) is 2. The molecule has 1 amide bonds. The van der Waals surface area contributed by atoms with Gasteiger partial charge in [-0.3, -0.25) is 4.79 Å². The Balaban J connectivity index is 1.44. The monoisotopic (exact) mass is 407 g/mol. The van der Waals surface area contributed by atoms with Crippen molar-refractivity contribution < 1.29 is 9.53 Å². The molecule has 0 saturated carbocycles. The van der Waals surface area contributed by atoms with Crippen molar-refractivity contribution in [2.24, 2.45) is 0 Å². The molecule has 4 aromatic rings. The van der Waals surface area contributed by atoms with Crippen molar-refractivity contribution >= 4 is 45.1 Å². The Hall–Kier alpha value is -3.16. The van der Waals surface area contributed by atoms with E-state index in [1.54, 1.807) is 13.2 Å². The van der Waals surface area contributed by atoms with Crippen molar-refractivity contribution in [3.8, 4) is 17.0 Å². The van der Waals surface area contributed by atoms with Gasteiger partial charge in [0.05, 0.1) is 17.7 Å². The molecule has 28 heavy (non-hydrogen) atoms. The molecule has 0 atom stereocenters. The fraction of sp³-hybridized carbons (Fsp3) is 0.0476. The lowest BCUT2D eigenvalue weighted by Crippen LogP contribution is -2.09. The number of amides is 1. The predicted molar refractivity (Wildman–Crippen MR) is 116 cm³/mol. The highest BCUT2D eigenvalue weighted by atomic mass is 32.1. The number of methoxy groups -OCH3 is 1. The minimum atomic E-state index is -0.0961. The van der Waals surface area contributed by atoms with Gasteiger partial charge in [-0.05, 0) is 35.7 Å². The molecule has 0 saturated heterocycles. The summed E-state index contributed by atoms with van der Waals surface area (Å²) < 4.78 is 5.24. The number of anilines is 3. The number of thiazole rings is 1. The first-order valence-electron chi connectivity index (χ1n) is 8.53. The van der Waals surface area contributed by atoms with E-state index in [1.807, 2.05) is 65.4 Å². The minimum Gasteiger partial charge on any atom is -0.497 e. The molecule has 140 valence electrons. The second-order valence-corrected chi connectivity index (χ2v) is 7.71. The Bertz CT molecular complexity index is 1070. The van der Waals surface area contributed by atoms with Crippen molar-refractivity contribution in [2.45, 2.75) is 0 Å². The van der Waals surface area contributed by atoms with Crippen LogP contribution in [0.4, 0.5) is 16.5 Å². The van der Waals surface area contributed by atoms with Gasteiger partial charge in [0, 0.05) is 28.4 Å². The van der Waals surface area contributed by atoms with Gasteiger partial charge in [0.15, 0.2) is 5.13 Å². The summed E-state index contributed by atoms with van der Waals surface area (Å²) in [4.78, 5) is 17.5. The number of hydrogen-bond donors (Lipinski definition) is 2. The molecule has 5 nitrogen and oxygen atoms in total. The van der Waals surface area contributed by atoms with Crippen LogP contribution in [-0.2, 0) is 0 Å². The lowest BCUT2D eigenvalue weighted by Gasteiger charge is -2.05. The van der Waals surface area contributed by atoms with Crippen molar-refractivity contribution in [3.63, 3.8) is 0 Å². The Morgan fingerprint density at radius 2 is 1.86 bits per heavy atom. The standard InChI is InChI=1S/C21H17N3O2S2/c1-26-17-5-2-4-16(12-17)23-21-24-18(13-28-21)14-7-9-15(10-8-14)22-20(25)19-6-3-11-27-19/h2-13H,1H3,(H,22,25)(H,23,24). The summed E-state index contributed by atoms with van der Waals surface area (Å²) in [5.74, 6) is 0.697. The third kappa shape index (κ3) is 4.21. The number of rotatable bonds is 6. The SMILES string of the molecule is COc1cccc(Nc2nc(-c3ccc(NC(=O)c4cccs4)cc3)cs2)c1. The molecule has 0 fully saturated rings. The van der Waals surface area contributed by atoms with E-state index in [4.69, 9.17) is 4.74 Å². The van der Waals surface area contributed by atoms with Crippen molar-refractivity contribution in [1.29, 1.82) is 0 Å². The van der Waals surface area contributed by atoms with Crippen LogP contribution < -0.4 is 15.4 Å². The van der Waals surface area contributed by atoms with E-state index in [0.717, 1.165) is 33.5 Å². The quantitative estimate of drug-likeness (QED) is 0.419. The maximum atomic E-state index is 12.1. The molecule has 0 radical (unpaired) electrons. The van der Waals surface area contributed by atoms with Gasteiger partial charge in [-0.15, -0.1) is 22.7 Å². The molecule has 0 aliphatic carbocycles. The van der Waals surface area contributed by atoms with E-state index in [9.17, 15) is 4.79 Å². The van der Waals surface area contributed by atoms with Crippen LogP contribution in [0.5, 0.6) is 5.75 Å². The van der Waals surface area contributed by atoms with Crippen LogP contribution in [0.15, 0.2) is 71.4 Å². The first-order chi connectivity index (χ1) is 13.7. The van der Waals surface area contributed by atoms with Crippen molar-refractivity contribution in [2.75, 3.05) is 17.7 Å². The van der Waals surface area contributed by atoms with Crippen LogP contribution in [-0.4, -0.2) is 18.0 Å². The van der Waals surface area contributed by atoms with E-state index in [0.29, 0.717) is 4.88 Å². The number of nitrogens with zero attached hydrogens (tertiary/aromatic N) is 1. The normalized spacial score (nSPS) is 10.5. The fourth-order valence-electron chi connectivity index (χ4n) is 2.61. The highest BCUT2D eigenvalue weighted by Gasteiger charge is 2.08. The number of aromatic nitrogens is 1. The van der Waals surface area contributed by atoms with Crippen LogP contribution in [0.2, 0.25) is 0 Å². The van der Waals surface area contributed by atoms with Crippen LogP contribution in [0.1, 0.15) is 9.67 Å². The van der Waals surface area contributed by atoms with Gasteiger partial charge in [0.2, 0.25) is 0 Å². The first-order valence-corrected chi connectivity index (χ1v) is 10.3. The predicted octanol–water partition coefficient (Wildman–Crippen LogP) is 5.88. The summed E-state index contributed by atoms with van der Waals surface area (Å²) >= 11 is 2.95. The van der Waals surface area contributed by atoms with E-state index >= 15 is 0 Å². The van der Waals surface area contributed by atoms with Crippen LogP contribution in [0, 0.1) is 0 Å². The highest BCUT2D eigenvalue weighted by molar-refractivity contribution is 7.14. The van der Waals surface area contributed by atoms with Gasteiger partial charge in [0.25, 0.3) is 5.91 Å². The van der Waals surface area contributed by atoms with Crippen LogP contribution >= 0.6 is 22.7 Å². The number of carbonyl (C=O) groups is 1. The number of ether oxygens (including phenoxy) is 1. The van der Waals surface area contributed by atoms with Gasteiger partial charge in [0.1, 0.15) is 5.75 Å². The zero-order valence-corrected chi connectivity index (χ0v) is 16.6. The lowest BCUT2D eigenvalue weighted by molar-refractivity contribution is 0.103. The summed E-state index contributed by atoms with van der Waals surface area (Å²) in [5.41, 5.74) is 3.55. The van der Waals surface area contributed by atoms with Crippen molar-refractivity contribution in [3.05, 3.63) is 76.3 Å². The van der Waals surface area contributed by atoms with Gasteiger partial charge < -0.3 is 15.4 Å². The Labute approximate surface area is 170 Å². The van der Waals surface area contributed by atoms with Crippen LogP contribution in [0.25, 0.3) is 11.3 Å². The molecular weight excluding hydrogens is 390 g/mol. The van der Waals surface area contributed by atoms with E-state index in [2.05, 4.69) is 15.6 Å². The van der Waals surface area contributed by atoms with Crippen LogP contribution in [0.3, 0.4) is 0 Å². The second-order valence-electron chi connectivity index (χ2n) is 5.90. The van der Waals surface area contributed by atoms with E-state index in [1.165, 1.54) is 22.7 Å². The molecule has 0 spiro atoms. The summed E-state index contributed by atoms with van der Waals surface area (Å²) in [6.07, 6.45) is 0. The molecule has 2 N–H and O–H groups in total. The minimum absolute atomic E-state index is 0.0961. The third-order valence-corrected chi connectivity index (χ3v) is 5.64. The average molecular weight is 408 g/mol. The molecular formula is C21H17N3O2S2. The molecule has 0 aliphatic rings. The van der Waals surface area contributed by atoms with E-state index < -0.39 is 0 Å². The molecule has 0 unspecified atom stereocenters. The third-order valence-electron chi connectivity index (χ3n) is 4.01. The average Bonchev–Trinajstić information content (AvgIpc) is 3.41. The lowest BCUT2D eigenvalue weighted by atomic mass is 10.1. The number of hydrogen-bond acceptors (Lipinski definition) is 6. The Morgan fingerprint density at radius 1 is 1.00 bits per heavy atom. The Morgan fingerprint density at radius 3 is 2.61 bits per heavy atom. The number of carbonyl (C=O) groups excluding carboxylic acids is 1. The zero-order chi connectivity index (χ0) is 19.3. The van der Waals surface area contributed by atoms with Gasteiger partial charge in [-0.2, -0.15) is 0 Å². The largest absolute Gasteiger partial charge is 0.497 e. The second kappa shape index (κ2) is 8.24. The summed E-state index contributed by atoms with van der Waals surface area (Å²) in [5, 5.41) is 10.9. The fourth-order valence-corrected chi connectivity index (χ4v) is 3.97. The first kappa shape index (κ1) is 18.2. The molecule has 0 aliphatic heterocycles. The summed E-state index contributed by atoms with van der Waals surface area (Å²) in [6, 6.07) is 19.1. The van der Waals surface area contributed by atoms with Gasteiger partial charge in [-0.25, -0.2) is 4.98 Å². The molecule has 7 heteroatoms.